The first-order valence-corrected chi connectivity index (χ1v) is 2.81. The molecule has 0 atom stereocenters. The summed E-state index contributed by atoms with van der Waals surface area (Å²) in [5.74, 6) is -0.449. The van der Waals surface area contributed by atoms with E-state index in [1.165, 1.54) is 0 Å². The Bertz CT molecular complexity index is 184. The van der Waals surface area contributed by atoms with Crippen LogP contribution in [0.5, 0.6) is 0 Å². The van der Waals surface area contributed by atoms with Crippen LogP contribution in [0.2, 0.25) is 0 Å². The quantitative estimate of drug-likeness (QED) is 0.511. The average Bonchev–Trinajstić information content (AvgIpc) is 1.85. The van der Waals surface area contributed by atoms with Crippen LogP contribution in [-0.2, 0) is 4.79 Å². The number of carbonyl (C=O) groups excluding carboxylic acids is 2. The van der Waals surface area contributed by atoms with Crippen LogP contribution < -0.4 is 11.1 Å². The van der Waals surface area contributed by atoms with Gasteiger partial charge in [-0.25, -0.2) is 4.79 Å². The standard InChI is InChI=1S/C6H10N2O2/c1-3-4(2)5(9)8-6(7)10/h3H,1-2H3,(H3,7,8,9,10). The Morgan fingerprint density at radius 3 is 2.30 bits per heavy atom. The van der Waals surface area contributed by atoms with Gasteiger partial charge in [0, 0.05) is 5.57 Å². The number of nitrogens with one attached hydrogen (secondary N) is 1. The van der Waals surface area contributed by atoms with Crippen molar-refractivity contribution in [2.75, 3.05) is 0 Å². The average molecular weight is 142 g/mol. The van der Waals surface area contributed by atoms with E-state index in [9.17, 15) is 9.59 Å². The number of nitrogens with two attached hydrogens (primary N) is 1. The molecule has 0 aliphatic rings. The minimum absolute atomic E-state index is 0.449. The second-order valence-electron chi connectivity index (χ2n) is 1.79. The smallest absolute Gasteiger partial charge is 0.319 e. The lowest BCUT2D eigenvalue weighted by Crippen LogP contribution is -2.35. The first-order chi connectivity index (χ1) is 4.57. The number of allylic oxidation sites excluding steroid dienone is 1. The van der Waals surface area contributed by atoms with Crippen molar-refractivity contribution in [3.05, 3.63) is 11.6 Å². The van der Waals surface area contributed by atoms with Crippen molar-refractivity contribution in [2.24, 2.45) is 5.73 Å². The van der Waals surface area contributed by atoms with Crippen molar-refractivity contribution in [2.45, 2.75) is 13.8 Å². The zero-order valence-electron chi connectivity index (χ0n) is 5.97. The fraction of sp³-hybridized carbons (Fsp3) is 0.333. The van der Waals surface area contributed by atoms with Crippen LogP contribution in [0.1, 0.15) is 13.8 Å². The fourth-order valence-corrected chi connectivity index (χ4v) is 0.342. The molecule has 3 N–H and O–H groups in total. The third-order valence-electron chi connectivity index (χ3n) is 1.03. The van der Waals surface area contributed by atoms with Crippen LogP contribution in [-0.4, -0.2) is 11.9 Å². The van der Waals surface area contributed by atoms with Crippen molar-refractivity contribution in [3.8, 4) is 0 Å². The van der Waals surface area contributed by atoms with Crippen molar-refractivity contribution in [1.82, 2.24) is 5.32 Å². The van der Waals surface area contributed by atoms with Gasteiger partial charge in [-0.05, 0) is 13.8 Å². The lowest BCUT2D eigenvalue weighted by molar-refractivity contribution is -0.116. The molecule has 4 nitrogen and oxygen atoms in total. The lowest BCUT2D eigenvalue weighted by Gasteiger charge is -1.97. The van der Waals surface area contributed by atoms with Gasteiger partial charge in [0.15, 0.2) is 0 Å². The van der Waals surface area contributed by atoms with Crippen LogP contribution in [0.25, 0.3) is 0 Å². The van der Waals surface area contributed by atoms with E-state index in [-0.39, 0.29) is 0 Å². The molecule has 0 spiro atoms. The Morgan fingerprint density at radius 2 is 2.00 bits per heavy atom. The van der Waals surface area contributed by atoms with Gasteiger partial charge in [0.25, 0.3) is 5.91 Å². The van der Waals surface area contributed by atoms with E-state index < -0.39 is 11.9 Å². The Kier molecular flexibility index (Phi) is 3.17. The summed E-state index contributed by atoms with van der Waals surface area (Å²) < 4.78 is 0. The van der Waals surface area contributed by atoms with Crippen LogP contribution in [0.3, 0.4) is 0 Å². The summed E-state index contributed by atoms with van der Waals surface area (Å²) in [6.07, 6.45) is 1.60. The van der Waals surface area contributed by atoms with E-state index in [4.69, 9.17) is 0 Å². The number of carbonyl (C=O) groups is 2. The van der Waals surface area contributed by atoms with Crippen LogP contribution in [0, 0.1) is 0 Å². The lowest BCUT2D eigenvalue weighted by atomic mass is 10.3. The Morgan fingerprint density at radius 1 is 1.50 bits per heavy atom. The first kappa shape index (κ1) is 8.68. The number of imide groups is 1. The highest BCUT2D eigenvalue weighted by Crippen LogP contribution is 1.89. The van der Waals surface area contributed by atoms with E-state index in [1.54, 1.807) is 19.9 Å². The summed E-state index contributed by atoms with van der Waals surface area (Å²) in [4.78, 5) is 20.8. The molecule has 0 bridgehead atoms. The molecule has 0 radical (unpaired) electrons. The fourth-order valence-electron chi connectivity index (χ4n) is 0.342. The van der Waals surface area contributed by atoms with Crippen LogP contribution >= 0.6 is 0 Å². The van der Waals surface area contributed by atoms with Gasteiger partial charge in [-0.1, -0.05) is 6.08 Å². The number of primary amides is 1. The van der Waals surface area contributed by atoms with E-state index in [0.29, 0.717) is 5.57 Å². The highest BCUT2D eigenvalue weighted by atomic mass is 16.2. The van der Waals surface area contributed by atoms with Gasteiger partial charge in [0.2, 0.25) is 0 Å². The molecular formula is C6H10N2O2. The Hall–Kier alpha value is -1.32. The zero-order valence-corrected chi connectivity index (χ0v) is 5.97. The molecule has 0 aromatic carbocycles. The normalized spacial score (nSPS) is 10.8. The SMILES string of the molecule is CC=C(C)C(=O)NC(N)=O. The summed E-state index contributed by atoms with van der Waals surface area (Å²) in [5.41, 5.74) is 5.16. The second-order valence-corrected chi connectivity index (χ2v) is 1.79. The molecule has 3 amide bonds. The molecule has 0 aromatic heterocycles. The molecule has 4 heteroatoms. The summed E-state index contributed by atoms with van der Waals surface area (Å²) in [6.45, 7) is 3.30. The van der Waals surface area contributed by atoms with Crippen molar-refractivity contribution in [3.63, 3.8) is 0 Å². The second kappa shape index (κ2) is 3.66. The highest BCUT2D eigenvalue weighted by Gasteiger charge is 2.03. The Balaban J connectivity index is 3.99. The van der Waals surface area contributed by atoms with E-state index in [0.717, 1.165) is 0 Å². The molecule has 0 saturated heterocycles. The number of hydrogen-bond acceptors (Lipinski definition) is 2. The first-order valence-electron chi connectivity index (χ1n) is 2.81. The maximum Gasteiger partial charge on any atom is 0.319 e. The van der Waals surface area contributed by atoms with Crippen molar-refractivity contribution < 1.29 is 9.59 Å². The van der Waals surface area contributed by atoms with Gasteiger partial charge in [0.05, 0.1) is 0 Å². The molecular weight excluding hydrogens is 132 g/mol. The van der Waals surface area contributed by atoms with Gasteiger partial charge in [-0.15, -0.1) is 0 Å². The number of urea groups is 1. The topological polar surface area (TPSA) is 72.2 Å². The van der Waals surface area contributed by atoms with Gasteiger partial charge in [0.1, 0.15) is 0 Å². The van der Waals surface area contributed by atoms with E-state index in [2.05, 4.69) is 5.73 Å². The summed E-state index contributed by atoms with van der Waals surface area (Å²) in [6, 6.07) is -0.828. The van der Waals surface area contributed by atoms with E-state index in [1.807, 2.05) is 5.32 Å². The van der Waals surface area contributed by atoms with Gasteiger partial charge >= 0.3 is 6.03 Å². The molecule has 0 fully saturated rings. The van der Waals surface area contributed by atoms with E-state index >= 15 is 0 Å². The summed E-state index contributed by atoms with van der Waals surface area (Å²) in [7, 11) is 0. The molecule has 0 saturated carbocycles. The molecule has 56 valence electrons. The summed E-state index contributed by atoms with van der Waals surface area (Å²) >= 11 is 0. The maximum absolute atomic E-state index is 10.7. The number of amides is 3. The zero-order chi connectivity index (χ0) is 8.15. The molecule has 0 rings (SSSR count). The molecule has 0 aromatic rings. The third kappa shape index (κ3) is 2.86. The monoisotopic (exact) mass is 142 g/mol. The summed E-state index contributed by atoms with van der Waals surface area (Å²) in [5, 5.41) is 1.93. The number of hydrogen-bond donors (Lipinski definition) is 2. The van der Waals surface area contributed by atoms with Crippen LogP contribution in [0.15, 0.2) is 11.6 Å². The Labute approximate surface area is 59.1 Å². The van der Waals surface area contributed by atoms with Crippen molar-refractivity contribution in [1.29, 1.82) is 0 Å². The third-order valence-corrected chi connectivity index (χ3v) is 1.03. The van der Waals surface area contributed by atoms with Crippen LogP contribution in [0.4, 0.5) is 4.79 Å². The minimum Gasteiger partial charge on any atom is -0.351 e. The predicted molar refractivity (Wildman–Crippen MR) is 37.2 cm³/mol. The number of rotatable bonds is 1. The van der Waals surface area contributed by atoms with Crippen molar-refractivity contribution >= 4 is 11.9 Å². The predicted octanol–water partition coefficient (Wildman–Crippen LogP) is 0.148. The van der Waals surface area contributed by atoms with Gasteiger partial charge < -0.3 is 5.73 Å². The minimum atomic E-state index is -0.828. The molecule has 0 aliphatic carbocycles. The molecule has 0 unspecified atom stereocenters. The highest BCUT2D eigenvalue weighted by molar-refractivity contribution is 6.02. The van der Waals surface area contributed by atoms with Gasteiger partial charge in [-0.2, -0.15) is 0 Å². The van der Waals surface area contributed by atoms with Gasteiger partial charge in [-0.3, -0.25) is 10.1 Å². The largest absolute Gasteiger partial charge is 0.351 e. The molecule has 0 heterocycles. The molecule has 0 aliphatic heterocycles. The molecule has 10 heavy (non-hydrogen) atoms. The maximum atomic E-state index is 10.7.